The Kier molecular flexibility index (Phi) is 7.35. The van der Waals surface area contributed by atoms with Gasteiger partial charge in [0.2, 0.25) is 0 Å². The lowest BCUT2D eigenvalue weighted by Crippen LogP contribution is -2.05. The molecule has 0 fully saturated rings. The summed E-state index contributed by atoms with van der Waals surface area (Å²) in [6.07, 6.45) is 1.32. The third-order valence-electron chi connectivity index (χ3n) is 1.63. The van der Waals surface area contributed by atoms with E-state index >= 15 is 0 Å². The van der Waals surface area contributed by atoms with Crippen LogP contribution in [0.25, 0.3) is 0 Å². The van der Waals surface area contributed by atoms with Crippen molar-refractivity contribution in [2.75, 3.05) is 0 Å². The number of aromatic carboxylic acids is 1. The van der Waals surface area contributed by atoms with Crippen LogP contribution < -0.4 is 5.73 Å². The molecule has 0 aliphatic rings. The molecule has 6 heteroatoms. The summed E-state index contributed by atoms with van der Waals surface area (Å²) in [4.78, 5) is 14.4. The van der Waals surface area contributed by atoms with Gasteiger partial charge >= 0.3 is 5.97 Å². The molecule has 0 amide bonds. The predicted octanol–water partition coefficient (Wildman–Crippen LogP) is 1.39. The van der Waals surface area contributed by atoms with Crippen LogP contribution in [0.15, 0.2) is 12.3 Å². The summed E-state index contributed by atoms with van der Waals surface area (Å²) in [7, 11) is 0. The molecule has 0 aliphatic carbocycles. The summed E-state index contributed by atoms with van der Waals surface area (Å²) in [6, 6.07) is 1.57. The van der Waals surface area contributed by atoms with E-state index in [0.29, 0.717) is 6.54 Å². The van der Waals surface area contributed by atoms with Crippen LogP contribution in [0, 0.1) is 6.92 Å². The van der Waals surface area contributed by atoms with Gasteiger partial charge in [0.1, 0.15) is 0 Å². The zero-order valence-corrected chi connectivity index (χ0v) is 9.19. The fraction of sp³-hybridized carbons (Fsp3) is 0.250. The first kappa shape index (κ1) is 15.6. The summed E-state index contributed by atoms with van der Waals surface area (Å²) >= 11 is 0. The van der Waals surface area contributed by atoms with E-state index in [2.05, 4.69) is 4.98 Å². The van der Waals surface area contributed by atoms with Crippen LogP contribution in [0.3, 0.4) is 0 Å². The summed E-state index contributed by atoms with van der Waals surface area (Å²) in [6.45, 7) is 2.13. The number of carboxylic acid groups (broad SMARTS) is 1. The first-order valence-corrected chi connectivity index (χ1v) is 3.54. The van der Waals surface area contributed by atoms with Crippen LogP contribution in [0.5, 0.6) is 0 Å². The first-order valence-electron chi connectivity index (χ1n) is 3.54. The van der Waals surface area contributed by atoms with E-state index < -0.39 is 5.97 Å². The molecule has 1 aromatic heterocycles. The Morgan fingerprint density at radius 3 is 2.50 bits per heavy atom. The molecule has 1 heterocycles. The van der Waals surface area contributed by atoms with Crippen molar-refractivity contribution in [3.05, 3.63) is 29.1 Å². The van der Waals surface area contributed by atoms with Crippen LogP contribution in [0.1, 0.15) is 21.6 Å². The molecule has 0 saturated carbocycles. The monoisotopic (exact) mass is 238 g/mol. The second-order valence-electron chi connectivity index (χ2n) is 2.50. The van der Waals surface area contributed by atoms with Gasteiger partial charge in [-0.1, -0.05) is 0 Å². The van der Waals surface area contributed by atoms with Gasteiger partial charge < -0.3 is 10.8 Å². The lowest BCUT2D eigenvalue weighted by Gasteiger charge is -2.01. The third-order valence-corrected chi connectivity index (χ3v) is 1.63. The van der Waals surface area contributed by atoms with Crippen LogP contribution in [0.2, 0.25) is 0 Å². The van der Waals surface area contributed by atoms with Gasteiger partial charge in [-0.05, 0) is 18.6 Å². The molecule has 0 radical (unpaired) electrons. The molecule has 3 N–H and O–H groups in total. The van der Waals surface area contributed by atoms with E-state index in [1.54, 1.807) is 13.0 Å². The SMILES string of the molecule is Cc1cc(C(=O)O)cnc1CN.Cl.Cl. The van der Waals surface area contributed by atoms with Gasteiger partial charge in [-0.25, -0.2) is 4.79 Å². The number of hydrogen-bond donors (Lipinski definition) is 2. The molecule has 0 unspecified atom stereocenters. The first-order chi connectivity index (χ1) is 5.65. The molecule has 14 heavy (non-hydrogen) atoms. The Balaban J connectivity index is 0. The number of aromatic nitrogens is 1. The smallest absolute Gasteiger partial charge is 0.337 e. The maximum absolute atomic E-state index is 10.5. The van der Waals surface area contributed by atoms with Crippen molar-refractivity contribution in [1.29, 1.82) is 0 Å². The van der Waals surface area contributed by atoms with Crippen molar-refractivity contribution in [3.8, 4) is 0 Å². The van der Waals surface area contributed by atoms with E-state index in [1.807, 2.05) is 0 Å². The molecular formula is C8H12Cl2N2O2. The van der Waals surface area contributed by atoms with E-state index in [1.165, 1.54) is 6.20 Å². The minimum atomic E-state index is -0.964. The van der Waals surface area contributed by atoms with Gasteiger partial charge in [0.25, 0.3) is 0 Å². The fourth-order valence-electron chi connectivity index (χ4n) is 0.934. The number of rotatable bonds is 2. The highest BCUT2D eigenvalue weighted by Crippen LogP contribution is 2.06. The Labute approximate surface area is 94.3 Å². The topological polar surface area (TPSA) is 76.2 Å². The number of hydrogen-bond acceptors (Lipinski definition) is 3. The summed E-state index contributed by atoms with van der Waals surface area (Å²) < 4.78 is 0. The van der Waals surface area contributed by atoms with E-state index in [-0.39, 0.29) is 30.4 Å². The van der Waals surface area contributed by atoms with Crippen LogP contribution in [0.4, 0.5) is 0 Å². The normalized spacial score (nSPS) is 8.43. The molecule has 4 nitrogen and oxygen atoms in total. The molecule has 1 aromatic rings. The second-order valence-corrected chi connectivity index (χ2v) is 2.50. The highest BCUT2D eigenvalue weighted by molar-refractivity contribution is 5.87. The van der Waals surface area contributed by atoms with Crippen molar-refractivity contribution in [1.82, 2.24) is 4.98 Å². The number of pyridine rings is 1. The molecule has 0 aromatic carbocycles. The zero-order chi connectivity index (χ0) is 9.14. The number of nitrogens with two attached hydrogens (primary N) is 1. The minimum absolute atomic E-state index is 0. The fourth-order valence-corrected chi connectivity index (χ4v) is 0.934. The summed E-state index contributed by atoms with van der Waals surface area (Å²) in [5, 5.41) is 8.60. The Morgan fingerprint density at radius 2 is 2.14 bits per heavy atom. The van der Waals surface area contributed by atoms with Gasteiger partial charge in [0.05, 0.1) is 11.3 Å². The third kappa shape index (κ3) is 3.49. The van der Waals surface area contributed by atoms with Gasteiger partial charge in [-0.15, -0.1) is 24.8 Å². The maximum atomic E-state index is 10.5. The highest BCUT2D eigenvalue weighted by atomic mass is 35.5. The van der Waals surface area contributed by atoms with Crippen LogP contribution in [-0.4, -0.2) is 16.1 Å². The maximum Gasteiger partial charge on any atom is 0.337 e. The van der Waals surface area contributed by atoms with E-state index in [4.69, 9.17) is 10.8 Å². The summed E-state index contributed by atoms with van der Waals surface area (Å²) in [5.41, 5.74) is 7.12. The van der Waals surface area contributed by atoms with Gasteiger partial charge in [-0.3, -0.25) is 4.98 Å². The number of halogens is 2. The van der Waals surface area contributed by atoms with Crippen molar-refractivity contribution < 1.29 is 9.90 Å². The van der Waals surface area contributed by atoms with Gasteiger partial charge in [0.15, 0.2) is 0 Å². The van der Waals surface area contributed by atoms with Crippen molar-refractivity contribution >= 4 is 30.8 Å². The number of carbonyl (C=O) groups is 1. The van der Waals surface area contributed by atoms with Gasteiger partial charge in [0, 0.05) is 12.7 Å². The standard InChI is InChI=1S/C8H10N2O2.2ClH/c1-5-2-6(8(11)12)4-10-7(5)3-9;;/h2,4H,3,9H2,1H3,(H,11,12);2*1H. The quantitative estimate of drug-likeness (QED) is 0.817. The van der Waals surface area contributed by atoms with E-state index in [9.17, 15) is 4.79 Å². The molecule has 0 atom stereocenters. The zero-order valence-electron chi connectivity index (χ0n) is 7.56. The minimum Gasteiger partial charge on any atom is -0.478 e. The van der Waals surface area contributed by atoms with Crippen LogP contribution >= 0.6 is 24.8 Å². The van der Waals surface area contributed by atoms with Crippen molar-refractivity contribution in [2.24, 2.45) is 5.73 Å². The second kappa shape index (κ2) is 6.59. The molecule has 0 aliphatic heterocycles. The molecular weight excluding hydrogens is 227 g/mol. The molecule has 0 bridgehead atoms. The van der Waals surface area contributed by atoms with Gasteiger partial charge in [-0.2, -0.15) is 0 Å². The highest BCUT2D eigenvalue weighted by Gasteiger charge is 2.05. The molecule has 0 saturated heterocycles. The van der Waals surface area contributed by atoms with E-state index in [0.717, 1.165) is 11.3 Å². The number of aryl methyl sites for hydroxylation is 1. The predicted molar refractivity (Wildman–Crippen MR) is 58.3 cm³/mol. The molecule has 1 rings (SSSR count). The molecule has 80 valence electrons. The lowest BCUT2D eigenvalue weighted by atomic mass is 10.1. The Bertz CT molecular complexity index is 318. The molecule has 0 spiro atoms. The largest absolute Gasteiger partial charge is 0.478 e. The summed E-state index contributed by atoms with van der Waals surface area (Å²) in [5.74, 6) is -0.964. The average Bonchev–Trinajstić information content (AvgIpc) is 2.04. The average molecular weight is 239 g/mol. The van der Waals surface area contributed by atoms with Crippen molar-refractivity contribution in [2.45, 2.75) is 13.5 Å². The number of carboxylic acids is 1. The van der Waals surface area contributed by atoms with Crippen LogP contribution in [-0.2, 0) is 6.54 Å². The number of nitrogens with zero attached hydrogens (tertiary/aromatic N) is 1. The Morgan fingerprint density at radius 1 is 1.57 bits per heavy atom. The lowest BCUT2D eigenvalue weighted by molar-refractivity contribution is 0.0696. The Hall–Kier alpha value is -0.840. The van der Waals surface area contributed by atoms with Crippen molar-refractivity contribution in [3.63, 3.8) is 0 Å².